The SMILES string of the molecule is O=C(NC1CCc2ccc(C(=O)N3CCCC4(CCCCC4)C3)cc21)c1ccccc1Cl. The third-order valence-electron chi connectivity index (χ3n) is 7.76. The predicted octanol–water partition coefficient (Wildman–Crippen LogP) is 5.94. The number of halogens is 1. The summed E-state index contributed by atoms with van der Waals surface area (Å²) in [4.78, 5) is 28.3. The summed E-state index contributed by atoms with van der Waals surface area (Å²) in [6, 6.07) is 13.1. The highest BCUT2D eigenvalue weighted by Gasteiger charge is 2.38. The highest BCUT2D eigenvalue weighted by molar-refractivity contribution is 6.33. The molecule has 5 heteroatoms. The molecule has 1 spiro atoms. The van der Waals surface area contributed by atoms with Gasteiger partial charge < -0.3 is 10.2 Å². The highest BCUT2D eigenvalue weighted by Crippen LogP contribution is 2.43. The third kappa shape index (κ3) is 4.17. The largest absolute Gasteiger partial charge is 0.345 e. The molecule has 1 heterocycles. The molecule has 1 unspecified atom stereocenters. The summed E-state index contributed by atoms with van der Waals surface area (Å²) in [7, 11) is 0. The van der Waals surface area contributed by atoms with Crippen molar-refractivity contribution in [2.24, 2.45) is 5.41 Å². The number of rotatable bonds is 3. The number of nitrogens with zero attached hydrogens (tertiary/aromatic N) is 1. The molecule has 1 N–H and O–H groups in total. The number of piperidine rings is 1. The van der Waals surface area contributed by atoms with E-state index < -0.39 is 0 Å². The lowest BCUT2D eigenvalue weighted by molar-refractivity contribution is 0.0384. The third-order valence-corrected chi connectivity index (χ3v) is 8.09. The first kappa shape index (κ1) is 21.5. The van der Waals surface area contributed by atoms with E-state index >= 15 is 0 Å². The molecule has 1 atom stereocenters. The van der Waals surface area contributed by atoms with Gasteiger partial charge in [0, 0.05) is 18.7 Å². The van der Waals surface area contributed by atoms with Gasteiger partial charge in [0.2, 0.25) is 0 Å². The zero-order chi connectivity index (χ0) is 22.1. The predicted molar refractivity (Wildman–Crippen MR) is 127 cm³/mol. The van der Waals surface area contributed by atoms with Crippen molar-refractivity contribution in [2.45, 2.75) is 63.8 Å². The second-order valence-electron chi connectivity index (χ2n) is 9.85. The molecule has 0 bridgehead atoms. The van der Waals surface area contributed by atoms with E-state index in [0.717, 1.165) is 43.5 Å². The van der Waals surface area contributed by atoms with E-state index in [2.05, 4.69) is 16.3 Å². The first-order valence-electron chi connectivity index (χ1n) is 12.0. The van der Waals surface area contributed by atoms with Crippen molar-refractivity contribution < 1.29 is 9.59 Å². The standard InChI is InChI=1S/C27H31ClN2O2/c28-23-8-3-2-7-21(23)25(31)29-24-12-11-19-9-10-20(17-22(19)24)26(32)30-16-6-15-27(18-30)13-4-1-5-14-27/h2-3,7-10,17,24H,1,4-6,11-16,18H2,(H,29,31). The Labute approximate surface area is 195 Å². The molecule has 168 valence electrons. The second-order valence-corrected chi connectivity index (χ2v) is 10.3. The molecule has 2 fully saturated rings. The molecule has 3 aliphatic rings. The van der Waals surface area contributed by atoms with Gasteiger partial charge in [-0.15, -0.1) is 0 Å². The topological polar surface area (TPSA) is 49.4 Å². The molecule has 2 aromatic rings. The Hall–Kier alpha value is -2.33. The fourth-order valence-electron chi connectivity index (χ4n) is 6.04. The van der Waals surface area contributed by atoms with Crippen molar-refractivity contribution >= 4 is 23.4 Å². The van der Waals surface area contributed by atoms with Crippen molar-refractivity contribution in [1.82, 2.24) is 10.2 Å². The van der Waals surface area contributed by atoms with E-state index in [1.165, 1.54) is 44.1 Å². The molecule has 4 nitrogen and oxygen atoms in total. The molecule has 2 aromatic carbocycles. The zero-order valence-electron chi connectivity index (χ0n) is 18.5. The summed E-state index contributed by atoms with van der Waals surface area (Å²) in [5.41, 5.74) is 3.86. The molecule has 32 heavy (non-hydrogen) atoms. The molecular weight excluding hydrogens is 420 g/mol. The molecule has 0 aromatic heterocycles. The fourth-order valence-corrected chi connectivity index (χ4v) is 6.26. The lowest BCUT2D eigenvalue weighted by atomic mass is 9.69. The summed E-state index contributed by atoms with van der Waals surface area (Å²) in [6.07, 6.45) is 10.6. The van der Waals surface area contributed by atoms with Gasteiger partial charge in [0.25, 0.3) is 11.8 Å². The number of aryl methyl sites for hydroxylation is 1. The number of benzene rings is 2. The number of likely N-dealkylation sites (tertiary alicyclic amines) is 1. The van der Waals surface area contributed by atoms with Gasteiger partial charge in [-0.3, -0.25) is 9.59 Å². The summed E-state index contributed by atoms with van der Waals surface area (Å²) < 4.78 is 0. The minimum atomic E-state index is -0.166. The summed E-state index contributed by atoms with van der Waals surface area (Å²) in [5.74, 6) is -0.0269. The molecule has 1 saturated heterocycles. The van der Waals surface area contributed by atoms with E-state index in [4.69, 9.17) is 11.6 Å². The Morgan fingerprint density at radius 3 is 2.59 bits per heavy atom. The second kappa shape index (κ2) is 8.90. The molecule has 1 aliphatic heterocycles. The minimum Gasteiger partial charge on any atom is -0.345 e. The van der Waals surface area contributed by atoms with Crippen molar-refractivity contribution in [1.29, 1.82) is 0 Å². The quantitative estimate of drug-likeness (QED) is 0.628. The maximum absolute atomic E-state index is 13.4. The van der Waals surface area contributed by atoms with Gasteiger partial charge in [-0.1, -0.05) is 49.1 Å². The van der Waals surface area contributed by atoms with Crippen LogP contribution >= 0.6 is 11.6 Å². The molecule has 1 saturated carbocycles. The molecular formula is C27H31ClN2O2. The van der Waals surface area contributed by atoms with Gasteiger partial charge in [-0.25, -0.2) is 0 Å². The smallest absolute Gasteiger partial charge is 0.253 e. The number of nitrogens with one attached hydrogen (secondary N) is 1. The molecule has 5 rings (SSSR count). The van der Waals surface area contributed by atoms with Crippen LogP contribution in [0.5, 0.6) is 0 Å². The van der Waals surface area contributed by atoms with Crippen molar-refractivity contribution in [3.63, 3.8) is 0 Å². The lowest BCUT2D eigenvalue weighted by Crippen LogP contribution is -2.47. The van der Waals surface area contributed by atoms with Crippen molar-refractivity contribution in [3.8, 4) is 0 Å². The van der Waals surface area contributed by atoms with Crippen LogP contribution in [0.25, 0.3) is 0 Å². The van der Waals surface area contributed by atoms with Crippen molar-refractivity contribution in [3.05, 3.63) is 69.7 Å². The van der Waals surface area contributed by atoms with Crippen LogP contribution in [0.3, 0.4) is 0 Å². The van der Waals surface area contributed by atoms with Crippen LogP contribution < -0.4 is 5.32 Å². The summed E-state index contributed by atoms with van der Waals surface area (Å²) >= 11 is 6.21. The number of fused-ring (bicyclic) bond motifs is 1. The van der Waals surface area contributed by atoms with Crippen LogP contribution in [0.15, 0.2) is 42.5 Å². The van der Waals surface area contributed by atoms with Crippen molar-refractivity contribution in [2.75, 3.05) is 13.1 Å². The number of carbonyl (C=O) groups is 2. The number of amides is 2. The van der Waals surface area contributed by atoms with Gasteiger partial charge >= 0.3 is 0 Å². The van der Waals surface area contributed by atoms with Crippen LogP contribution in [0.1, 0.15) is 89.3 Å². The highest BCUT2D eigenvalue weighted by atomic mass is 35.5. The number of carbonyl (C=O) groups excluding carboxylic acids is 2. The normalized spacial score (nSPS) is 21.9. The maximum Gasteiger partial charge on any atom is 0.253 e. The maximum atomic E-state index is 13.4. The van der Waals surface area contributed by atoms with Gasteiger partial charge in [-0.05, 0) is 79.3 Å². The number of hydrogen-bond acceptors (Lipinski definition) is 2. The lowest BCUT2D eigenvalue weighted by Gasteiger charge is -2.45. The van der Waals surface area contributed by atoms with Gasteiger partial charge in [0.05, 0.1) is 16.6 Å². The molecule has 2 amide bonds. The van der Waals surface area contributed by atoms with Crippen LogP contribution in [0.2, 0.25) is 5.02 Å². The van der Waals surface area contributed by atoms with Crippen LogP contribution in [0.4, 0.5) is 0 Å². The first-order valence-corrected chi connectivity index (χ1v) is 12.4. The fraction of sp³-hybridized carbons (Fsp3) is 0.481. The Morgan fingerprint density at radius 2 is 1.78 bits per heavy atom. The Bertz CT molecular complexity index is 1020. The van der Waals surface area contributed by atoms with E-state index in [-0.39, 0.29) is 17.9 Å². The van der Waals surface area contributed by atoms with Gasteiger partial charge in [0.15, 0.2) is 0 Å². The van der Waals surface area contributed by atoms with E-state index in [1.54, 1.807) is 12.1 Å². The minimum absolute atomic E-state index is 0.0902. The Balaban J connectivity index is 1.32. The Kier molecular flexibility index (Phi) is 5.98. The number of hydrogen-bond donors (Lipinski definition) is 1. The Morgan fingerprint density at radius 1 is 1.00 bits per heavy atom. The van der Waals surface area contributed by atoms with Crippen LogP contribution in [0, 0.1) is 5.41 Å². The van der Waals surface area contributed by atoms with Gasteiger partial charge in [-0.2, -0.15) is 0 Å². The van der Waals surface area contributed by atoms with E-state index in [0.29, 0.717) is 16.0 Å². The average molecular weight is 451 g/mol. The zero-order valence-corrected chi connectivity index (χ0v) is 19.3. The molecule has 2 aliphatic carbocycles. The summed E-state index contributed by atoms with van der Waals surface area (Å²) in [6.45, 7) is 1.75. The summed E-state index contributed by atoms with van der Waals surface area (Å²) in [5, 5.41) is 3.59. The van der Waals surface area contributed by atoms with Gasteiger partial charge in [0.1, 0.15) is 0 Å². The van der Waals surface area contributed by atoms with E-state index in [9.17, 15) is 9.59 Å². The average Bonchev–Trinajstić information content (AvgIpc) is 3.21. The molecule has 0 radical (unpaired) electrons. The first-order chi connectivity index (χ1) is 15.5. The van der Waals surface area contributed by atoms with Crippen LogP contribution in [-0.4, -0.2) is 29.8 Å². The monoisotopic (exact) mass is 450 g/mol. The van der Waals surface area contributed by atoms with Crippen LogP contribution in [-0.2, 0) is 6.42 Å². The van der Waals surface area contributed by atoms with E-state index in [1.807, 2.05) is 24.3 Å².